The molecule has 0 fully saturated rings. The fraction of sp³-hybridized carbons (Fsp3) is 0. The van der Waals surface area contributed by atoms with E-state index in [1.54, 1.807) is 0 Å². The van der Waals surface area contributed by atoms with Crippen molar-refractivity contribution in [1.82, 2.24) is 0 Å². The van der Waals surface area contributed by atoms with Gasteiger partial charge in [-0.25, -0.2) is 57.1 Å². The van der Waals surface area contributed by atoms with Crippen LogP contribution in [0.15, 0.2) is 6.07 Å². The van der Waals surface area contributed by atoms with E-state index in [0.29, 0.717) is 0 Å². The van der Waals surface area contributed by atoms with Gasteiger partial charge in [-0.2, -0.15) is 10.6 Å². The maximum absolute atomic E-state index is 14.6. The van der Waals surface area contributed by atoms with Gasteiger partial charge < -0.3 is 0 Å². The molecule has 0 saturated carbocycles. The summed E-state index contributed by atoms with van der Waals surface area (Å²) >= 11 is 0. The molecule has 0 atom stereocenters. The first-order valence-electron chi connectivity index (χ1n) is 8.40. The van der Waals surface area contributed by atoms with Crippen molar-refractivity contribution in [3.63, 3.8) is 0 Å². The second-order valence-corrected chi connectivity index (χ2v) is 6.73. The van der Waals surface area contributed by atoms with Gasteiger partial charge in [0.15, 0.2) is 52.4 Å². The minimum absolute atomic E-state index is 0.0327. The molecule has 0 unspecified atom stereocenters. The first kappa shape index (κ1) is 22.9. The Hall–Kier alpha value is -3.32. The molecule has 0 radical (unpaired) electrons. The number of benzene rings is 3. The van der Waals surface area contributed by atoms with Crippen molar-refractivity contribution >= 4 is 27.7 Å². The molecule has 3 aromatic carbocycles. The van der Waals surface area contributed by atoms with Crippen molar-refractivity contribution in [1.29, 1.82) is 0 Å². The Morgan fingerprint density at radius 1 is 0.333 bits per heavy atom. The normalized spacial score (nSPS) is 11.8. The first-order valence-corrected chi connectivity index (χ1v) is 8.40. The Morgan fingerprint density at radius 2 is 0.606 bits per heavy atom. The molecular formula is C19HBF13-. The Labute approximate surface area is 172 Å². The number of hydrogen-bond donors (Lipinski definition) is 0. The summed E-state index contributed by atoms with van der Waals surface area (Å²) in [4.78, 5) is 0. The molecule has 4 rings (SSSR count). The molecule has 14 heteroatoms. The molecule has 0 spiro atoms. The molecule has 0 saturated heterocycles. The van der Waals surface area contributed by atoms with E-state index in [9.17, 15) is 57.1 Å². The third kappa shape index (κ3) is 2.85. The number of hydrogen-bond acceptors (Lipinski definition) is 0. The third-order valence-electron chi connectivity index (χ3n) is 5.08. The van der Waals surface area contributed by atoms with Crippen molar-refractivity contribution in [2.45, 2.75) is 0 Å². The molecule has 0 aliphatic carbocycles. The molecule has 0 nitrogen and oxygen atoms in total. The fourth-order valence-electron chi connectivity index (χ4n) is 3.63. The number of fused-ring (bicyclic) bond motifs is 2. The molecule has 0 aliphatic heterocycles. The zero-order valence-electron chi connectivity index (χ0n) is 15.1. The van der Waals surface area contributed by atoms with E-state index >= 15 is 0 Å². The average Bonchev–Trinajstić information content (AvgIpc) is 2.80. The van der Waals surface area contributed by atoms with Crippen LogP contribution >= 0.6 is 0 Å². The van der Waals surface area contributed by atoms with Gasteiger partial charge in [0.1, 0.15) is 23.3 Å². The summed E-state index contributed by atoms with van der Waals surface area (Å²) < 4.78 is 183. The molecule has 0 aliphatic rings. The fourth-order valence-corrected chi connectivity index (χ4v) is 3.63. The lowest BCUT2D eigenvalue weighted by Crippen LogP contribution is -2.17. The number of rotatable bonds is 1. The largest absolute Gasteiger partial charge is 0.207 e. The van der Waals surface area contributed by atoms with Gasteiger partial charge in [-0.1, -0.05) is 6.34 Å². The lowest BCUT2D eigenvalue weighted by molar-refractivity contribution is 0.382. The number of halogens is 13. The molecule has 0 N–H and O–H groups in total. The van der Waals surface area contributed by atoms with Gasteiger partial charge in [-0.15, -0.1) is 5.46 Å². The highest BCUT2D eigenvalue weighted by Crippen LogP contribution is 2.38. The van der Waals surface area contributed by atoms with Crippen LogP contribution < -0.4 is 0 Å². The van der Waals surface area contributed by atoms with Gasteiger partial charge in [0.25, 0.3) is 0 Å². The van der Waals surface area contributed by atoms with E-state index < -0.39 is 109 Å². The standard InChI is InChI=1S/C19HBF13/c21-7-2-1-3-5(10(24)16(30)14(28)8(3)22)20(4(2)9(23)15(29)13(7)27)6-11(25)17(31)19(33)18(32)12(6)26/h1H/q-1. The van der Waals surface area contributed by atoms with Gasteiger partial charge in [-0.3, -0.25) is 0 Å². The van der Waals surface area contributed by atoms with E-state index in [-0.39, 0.29) is 6.07 Å². The molecule has 172 valence electrons. The minimum atomic E-state index is -3.17. The highest BCUT2D eigenvalue weighted by Gasteiger charge is 2.28. The van der Waals surface area contributed by atoms with Crippen LogP contribution in [0.2, 0.25) is 0 Å². The zero-order valence-corrected chi connectivity index (χ0v) is 15.1. The second kappa shape index (κ2) is 7.35. The van der Waals surface area contributed by atoms with E-state index in [0.717, 1.165) is 0 Å². The topological polar surface area (TPSA) is 0 Å². The van der Waals surface area contributed by atoms with Crippen molar-refractivity contribution in [3.05, 3.63) is 81.7 Å². The summed E-state index contributed by atoms with van der Waals surface area (Å²) in [7, 11) is 0. The molecule has 0 amide bonds. The summed E-state index contributed by atoms with van der Waals surface area (Å²) in [5.41, 5.74) is -2.18. The highest BCUT2D eigenvalue weighted by molar-refractivity contribution is 6.85. The van der Waals surface area contributed by atoms with Crippen LogP contribution in [0.1, 0.15) is 0 Å². The second-order valence-electron chi connectivity index (χ2n) is 6.73. The SMILES string of the molecule is Fc1c(F)c(F)c(-[b-]2c3c(F)c(F)c(F)c(F)c3cc3c(F)c(F)c(F)c(F)c23)c(F)c1F. The third-order valence-corrected chi connectivity index (χ3v) is 5.08. The quantitative estimate of drug-likeness (QED) is 0.120. The summed E-state index contributed by atoms with van der Waals surface area (Å²) in [5.74, 6) is -33.8. The maximum atomic E-state index is 14.6. The Bertz CT molecular complexity index is 1440. The van der Waals surface area contributed by atoms with E-state index in [1.807, 2.05) is 0 Å². The lowest BCUT2D eigenvalue weighted by Gasteiger charge is -2.26. The molecule has 0 bridgehead atoms. The van der Waals surface area contributed by atoms with Gasteiger partial charge in [0.05, 0.1) is 0 Å². The van der Waals surface area contributed by atoms with Gasteiger partial charge in [-0.05, 0) is 16.8 Å². The van der Waals surface area contributed by atoms with Crippen LogP contribution in [0.4, 0.5) is 57.1 Å². The van der Waals surface area contributed by atoms with Crippen molar-refractivity contribution in [2.75, 3.05) is 0 Å². The predicted octanol–water partition coefficient (Wildman–Crippen LogP) is 6.82. The van der Waals surface area contributed by atoms with Crippen molar-refractivity contribution < 1.29 is 57.1 Å². The van der Waals surface area contributed by atoms with Crippen LogP contribution in [0, 0.1) is 75.6 Å². The van der Waals surface area contributed by atoms with Gasteiger partial charge in [0.2, 0.25) is 0 Å². The smallest absolute Gasteiger partial charge is 0.200 e. The van der Waals surface area contributed by atoms with Crippen LogP contribution in [0.5, 0.6) is 0 Å². The predicted molar refractivity (Wildman–Crippen MR) is 88.2 cm³/mol. The molecule has 4 aromatic rings. The molecule has 1 heterocycles. The monoisotopic (exact) mass is 487 g/mol. The Kier molecular flexibility index (Phi) is 5.09. The lowest BCUT2D eigenvalue weighted by atomic mass is 9.51. The van der Waals surface area contributed by atoms with Crippen LogP contribution in [-0.4, -0.2) is 6.34 Å². The van der Waals surface area contributed by atoms with Crippen LogP contribution in [0.25, 0.3) is 26.8 Å². The Balaban J connectivity index is 2.50. The van der Waals surface area contributed by atoms with Crippen LogP contribution in [0.3, 0.4) is 0 Å². The van der Waals surface area contributed by atoms with Crippen molar-refractivity contribution in [3.8, 4) is 5.46 Å². The van der Waals surface area contributed by atoms with Crippen molar-refractivity contribution in [2.24, 2.45) is 0 Å². The molecule has 1 aromatic heterocycles. The first-order chi connectivity index (χ1) is 15.3. The zero-order chi connectivity index (χ0) is 24.7. The minimum Gasteiger partial charge on any atom is -0.207 e. The average molecular weight is 487 g/mol. The molecule has 33 heavy (non-hydrogen) atoms. The van der Waals surface area contributed by atoms with Gasteiger partial charge in [0, 0.05) is 0 Å². The van der Waals surface area contributed by atoms with E-state index in [1.165, 1.54) is 0 Å². The maximum Gasteiger partial charge on any atom is 0.200 e. The summed E-state index contributed by atoms with van der Waals surface area (Å²) in [6, 6.07) is -0.0327. The van der Waals surface area contributed by atoms with E-state index in [4.69, 9.17) is 0 Å². The van der Waals surface area contributed by atoms with E-state index in [2.05, 4.69) is 0 Å². The summed E-state index contributed by atoms with van der Waals surface area (Å²) in [6.07, 6.45) is -3.17. The Morgan fingerprint density at radius 3 is 0.970 bits per heavy atom. The van der Waals surface area contributed by atoms with Gasteiger partial charge >= 0.3 is 0 Å². The highest BCUT2D eigenvalue weighted by atomic mass is 19.2. The molecular weight excluding hydrogens is 486 g/mol. The summed E-state index contributed by atoms with van der Waals surface area (Å²) in [6.45, 7) is 0. The summed E-state index contributed by atoms with van der Waals surface area (Å²) in [5, 5.41) is -6.66. The van der Waals surface area contributed by atoms with Crippen LogP contribution in [-0.2, 0) is 0 Å².